The van der Waals surface area contributed by atoms with E-state index in [0.717, 1.165) is 31.2 Å². The predicted molar refractivity (Wildman–Crippen MR) is 111 cm³/mol. The van der Waals surface area contributed by atoms with Crippen molar-refractivity contribution in [1.29, 1.82) is 0 Å². The van der Waals surface area contributed by atoms with Crippen LogP contribution < -0.4 is 5.32 Å². The standard InChI is InChI=1S/C22H28N2O4S/c1-15-7-9-17(10-8-15)23-19(25)13-28-21(27)18-14-29-22(12-11-20(26)24(18)22)16-5-3-2-4-6-16/h2-6,15,17-18H,7-14H2,1H3,(H,23,25)/t15?,17?,18-,22+/m0/s1. The van der Waals surface area contributed by atoms with E-state index in [1.54, 1.807) is 16.7 Å². The molecule has 2 aliphatic heterocycles. The molecule has 156 valence electrons. The first kappa shape index (κ1) is 20.3. The van der Waals surface area contributed by atoms with Crippen molar-refractivity contribution in [1.82, 2.24) is 10.2 Å². The summed E-state index contributed by atoms with van der Waals surface area (Å²) in [7, 11) is 0. The first-order valence-electron chi connectivity index (χ1n) is 10.5. The summed E-state index contributed by atoms with van der Waals surface area (Å²) in [6.07, 6.45) is 5.28. The molecule has 29 heavy (non-hydrogen) atoms. The normalized spacial score (nSPS) is 31.4. The summed E-state index contributed by atoms with van der Waals surface area (Å²) in [4.78, 5) is 38.7. The fraction of sp³-hybridized carbons (Fsp3) is 0.591. The number of nitrogens with one attached hydrogen (secondary N) is 1. The number of ether oxygens (including phenoxy) is 1. The van der Waals surface area contributed by atoms with Crippen LogP contribution in [0.2, 0.25) is 0 Å². The summed E-state index contributed by atoms with van der Waals surface area (Å²) in [6.45, 7) is 1.95. The zero-order valence-corrected chi connectivity index (χ0v) is 17.6. The molecule has 7 heteroatoms. The number of hydrogen-bond acceptors (Lipinski definition) is 5. The Morgan fingerprint density at radius 2 is 1.93 bits per heavy atom. The summed E-state index contributed by atoms with van der Waals surface area (Å²) >= 11 is 1.62. The van der Waals surface area contributed by atoms with E-state index in [-0.39, 0.29) is 24.5 Å². The van der Waals surface area contributed by atoms with Crippen LogP contribution in [0.1, 0.15) is 51.0 Å². The minimum Gasteiger partial charge on any atom is -0.454 e. The molecule has 6 nitrogen and oxygen atoms in total. The van der Waals surface area contributed by atoms with Crippen LogP contribution in [0.15, 0.2) is 30.3 Å². The highest BCUT2D eigenvalue weighted by Crippen LogP contribution is 2.54. The van der Waals surface area contributed by atoms with Gasteiger partial charge in [0.2, 0.25) is 5.91 Å². The minimum atomic E-state index is -0.640. The molecule has 2 saturated heterocycles. The topological polar surface area (TPSA) is 75.7 Å². The molecule has 3 fully saturated rings. The van der Waals surface area contributed by atoms with Crippen molar-refractivity contribution in [3.05, 3.63) is 35.9 Å². The number of hydrogen-bond donors (Lipinski definition) is 1. The number of carbonyl (C=O) groups excluding carboxylic acids is 3. The van der Waals surface area contributed by atoms with Crippen LogP contribution in [-0.2, 0) is 24.0 Å². The highest BCUT2D eigenvalue weighted by Gasteiger charge is 2.57. The van der Waals surface area contributed by atoms with E-state index in [1.165, 1.54) is 0 Å². The lowest BCUT2D eigenvalue weighted by Gasteiger charge is -2.33. The Hall–Kier alpha value is -2.02. The van der Waals surface area contributed by atoms with Crippen molar-refractivity contribution in [3.8, 4) is 0 Å². The molecule has 2 heterocycles. The van der Waals surface area contributed by atoms with E-state index < -0.39 is 16.9 Å². The Labute approximate surface area is 175 Å². The lowest BCUT2D eigenvalue weighted by Crippen LogP contribution is -2.47. The van der Waals surface area contributed by atoms with Gasteiger partial charge in [0.05, 0.1) is 0 Å². The zero-order chi connectivity index (χ0) is 20.4. The Morgan fingerprint density at radius 3 is 2.66 bits per heavy atom. The third kappa shape index (κ3) is 4.02. The first-order valence-corrected chi connectivity index (χ1v) is 11.5. The Morgan fingerprint density at radius 1 is 1.21 bits per heavy atom. The average molecular weight is 417 g/mol. The molecule has 1 N–H and O–H groups in total. The molecule has 3 aliphatic rings. The van der Waals surface area contributed by atoms with Gasteiger partial charge in [-0.3, -0.25) is 9.59 Å². The molecule has 0 aromatic heterocycles. The van der Waals surface area contributed by atoms with E-state index in [4.69, 9.17) is 4.74 Å². The third-order valence-corrected chi connectivity index (χ3v) is 7.95. The zero-order valence-electron chi connectivity index (χ0n) is 16.8. The SMILES string of the molecule is CC1CCC(NC(=O)COC(=O)[C@@H]2CS[C@@]3(c4ccccc4)CCC(=O)N23)CC1. The molecular formula is C22H28N2O4S. The van der Waals surface area contributed by atoms with Gasteiger partial charge in [0, 0.05) is 18.2 Å². The molecule has 0 spiro atoms. The van der Waals surface area contributed by atoms with Crippen molar-refractivity contribution in [2.75, 3.05) is 12.4 Å². The maximum absolute atomic E-state index is 12.7. The molecule has 1 aromatic rings. The molecular weight excluding hydrogens is 388 g/mol. The number of nitrogens with zero attached hydrogens (tertiary/aromatic N) is 1. The highest BCUT2D eigenvalue weighted by atomic mass is 32.2. The fourth-order valence-electron chi connectivity index (χ4n) is 4.72. The number of thioether (sulfide) groups is 1. The number of esters is 1. The summed E-state index contributed by atoms with van der Waals surface area (Å²) in [5.41, 5.74) is 1.04. The van der Waals surface area contributed by atoms with Crippen LogP contribution in [-0.4, -0.2) is 47.1 Å². The van der Waals surface area contributed by atoms with Crippen LogP contribution in [0.25, 0.3) is 0 Å². The number of rotatable bonds is 5. The van der Waals surface area contributed by atoms with Crippen molar-refractivity contribution in [3.63, 3.8) is 0 Å². The lowest BCUT2D eigenvalue weighted by atomic mass is 9.87. The van der Waals surface area contributed by atoms with Crippen molar-refractivity contribution in [2.45, 2.75) is 62.4 Å². The van der Waals surface area contributed by atoms with E-state index in [0.29, 0.717) is 24.5 Å². The average Bonchev–Trinajstić information content (AvgIpc) is 3.28. The molecule has 2 amide bonds. The van der Waals surface area contributed by atoms with E-state index in [2.05, 4.69) is 12.2 Å². The minimum absolute atomic E-state index is 0.0263. The van der Waals surface area contributed by atoms with Gasteiger partial charge in [-0.1, -0.05) is 37.3 Å². The van der Waals surface area contributed by atoms with Gasteiger partial charge in [0.1, 0.15) is 10.9 Å². The summed E-state index contributed by atoms with van der Waals surface area (Å²) in [6, 6.07) is 9.39. The van der Waals surface area contributed by atoms with Gasteiger partial charge in [0.15, 0.2) is 6.61 Å². The number of carbonyl (C=O) groups is 3. The largest absolute Gasteiger partial charge is 0.454 e. The van der Waals surface area contributed by atoms with E-state index >= 15 is 0 Å². The Kier molecular flexibility index (Phi) is 5.86. The number of amides is 2. The van der Waals surface area contributed by atoms with Crippen LogP contribution in [0.4, 0.5) is 0 Å². The molecule has 1 saturated carbocycles. The molecule has 0 unspecified atom stereocenters. The maximum Gasteiger partial charge on any atom is 0.330 e. The molecule has 2 atom stereocenters. The molecule has 0 radical (unpaired) electrons. The molecule has 1 aromatic carbocycles. The van der Waals surface area contributed by atoms with Crippen LogP contribution in [0.5, 0.6) is 0 Å². The Balaban J connectivity index is 1.36. The smallest absolute Gasteiger partial charge is 0.330 e. The predicted octanol–water partition coefficient (Wildman–Crippen LogP) is 2.82. The van der Waals surface area contributed by atoms with Crippen molar-refractivity contribution in [2.24, 2.45) is 5.92 Å². The van der Waals surface area contributed by atoms with Gasteiger partial charge in [-0.05, 0) is 43.6 Å². The highest BCUT2D eigenvalue weighted by molar-refractivity contribution is 8.00. The van der Waals surface area contributed by atoms with Crippen molar-refractivity contribution >= 4 is 29.5 Å². The van der Waals surface area contributed by atoms with E-state index in [1.807, 2.05) is 30.3 Å². The molecule has 0 bridgehead atoms. The van der Waals surface area contributed by atoms with Crippen molar-refractivity contribution < 1.29 is 19.1 Å². The molecule has 4 rings (SSSR count). The van der Waals surface area contributed by atoms with Gasteiger partial charge in [-0.2, -0.15) is 0 Å². The maximum atomic E-state index is 12.7. The first-order chi connectivity index (χ1) is 14.0. The summed E-state index contributed by atoms with van der Waals surface area (Å²) < 4.78 is 5.33. The van der Waals surface area contributed by atoms with Crippen LogP contribution in [0.3, 0.4) is 0 Å². The van der Waals surface area contributed by atoms with Crippen LogP contribution >= 0.6 is 11.8 Å². The van der Waals surface area contributed by atoms with Gasteiger partial charge in [-0.15, -0.1) is 11.8 Å². The fourth-order valence-corrected chi connectivity index (χ4v) is 6.36. The van der Waals surface area contributed by atoms with Gasteiger partial charge < -0.3 is 15.0 Å². The quantitative estimate of drug-likeness (QED) is 0.747. The second-order valence-electron chi connectivity index (χ2n) is 8.37. The summed E-state index contributed by atoms with van der Waals surface area (Å²) in [5, 5.41) is 2.97. The lowest BCUT2D eigenvalue weighted by molar-refractivity contribution is -0.156. The number of fused-ring (bicyclic) bond motifs is 1. The monoisotopic (exact) mass is 416 g/mol. The second kappa shape index (κ2) is 8.38. The number of benzene rings is 1. The van der Waals surface area contributed by atoms with E-state index in [9.17, 15) is 14.4 Å². The van der Waals surface area contributed by atoms with Crippen LogP contribution in [0, 0.1) is 5.92 Å². The van der Waals surface area contributed by atoms with Gasteiger partial charge in [-0.25, -0.2) is 4.79 Å². The second-order valence-corrected chi connectivity index (χ2v) is 9.67. The van der Waals surface area contributed by atoms with Gasteiger partial charge in [0.25, 0.3) is 5.91 Å². The molecule has 1 aliphatic carbocycles. The summed E-state index contributed by atoms with van der Waals surface area (Å²) in [5.74, 6) is 0.426. The third-order valence-electron chi connectivity index (χ3n) is 6.35. The Bertz CT molecular complexity index is 778. The van der Waals surface area contributed by atoms with Gasteiger partial charge >= 0.3 is 5.97 Å².